The molecule has 8 heteroatoms. The number of piperidine rings is 1. The molecule has 8 nitrogen and oxygen atoms in total. The van der Waals surface area contributed by atoms with Crippen molar-refractivity contribution in [3.63, 3.8) is 0 Å². The summed E-state index contributed by atoms with van der Waals surface area (Å²) in [6.07, 6.45) is 5.10. The summed E-state index contributed by atoms with van der Waals surface area (Å²) in [5, 5.41) is 12.1. The van der Waals surface area contributed by atoms with Gasteiger partial charge in [-0.05, 0) is 51.1 Å². The Labute approximate surface area is 168 Å². The minimum Gasteiger partial charge on any atom is -0.480 e. The van der Waals surface area contributed by atoms with Gasteiger partial charge >= 0.3 is 12.0 Å². The summed E-state index contributed by atoms with van der Waals surface area (Å²) >= 11 is 0. The molecule has 0 spiro atoms. The molecule has 0 aromatic carbocycles. The number of rotatable bonds is 8. The van der Waals surface area contributed by atoms with Crippen LogP contribution in [0.25, 0.3) is 0 Å². The Bertz CT molecular complexity index is 512. The lowest BCUT2D eigenvalue weighted by molar-refractivity contribution is -0.139. The molecule has 3 rings (SSSR count). The molecule has 0 aromatic heterocycles. The Morgan fingerprint density at radius 1 is 1.14 bits per heavy atom. The van der Waals surface area contributed by atoms with Crippen molar-refractivity contribution in [1.29, 1.82) is 0 Å². The van der Waals surface area contributed by atoms with Crippen molar-refractivity contribution in [1.82, 2.24) is 20.0 Å². The number of carbonyl (C=O) groups excluding carboxylic acids is 1. The highest BCUT2D eigenvalue weighted by molar-refractivity contribution is 5.74. The zero-order valence-corrected chi connectivity index (χ0v) is 17.1. The second-order valence-electron chi connectivity index (χ2n) is 8.40. The number of carboxylic acids is 1. The van der Waals surface area contributed by atoms with E-state index in [0.717, 1.165) is 78.2 Å². The number of ether oxygens (including phenoxy) is 1. The number of amides is 2. The van der Waals surface area contributed by atoms with Gasteiger partial charge < -0.3 is 20.1 Å². The summed E-state index contributed by atoms with van der Waals surface area (Å²) in [5.74, 6) is -0.0695. The lowest BCUT2D eigenvalue weighted by atomic mass is 9.85. The van der Waals surface area contributed by atoms with Crippen LogP contribution in [-0.4, -0.2) is 103 Å². The molecular formula is C20H36N4O4. The van der Waals surface area contributed by atoms with Crippen molar-refractivity contribution in [2.75, 3.05) is 59.0 Å². The van der Waals surface area contributed by atoms with Crippen molar-refractivity contribution in [3.05, 3.63) is 0 Å². The van der Waals surface area contributed by atoms with Crippen LogP contribution < -0.4 is 5.32 Å². The molecule has 28 heavy (non-hydrogen) atoms. The fourth-order valence-corrected chi connectivity index (χ4v) is 4.56. The highest BCUT2D eigenvalue weighted by Gasteiger charge is 2.35. The van der Waals surface area contributed by atoms with E-state index in [-0.39, 0.29) is 24.7 Å². The van der Waals surface area contributed by atoms with Gasteiger partial charge in [0, 0.05) is 38.3 Å². The number of nitrogens with zero attached hydrogens (tertiary/aromatic N) is 3. The van der Waals surface area contributed by atoms with E-state index in [2.05, 4.69) is 10.2 Å². The second kappa shape index (κ2) is 10.4. The minimum absolute atomic E-state index is 0.0522. The molecule has 1 aliphatic carbocycles. The summed E-state index contributed by atoms with van der Waals surface area (Å²) in [5.41, 5.74) is 0. The molecule has 0 aromatic rings. The number of likely N-dealkylation sites (N-methyl/N-ethyl adjacent to an activating group) is 1. The topological polar surface area (TPSA) is 85.4 Å². The maximum atomic E-state index is 12.5. The van der Waals surface area contributed by atoms with Gasteiger partial charge in [-0.25, -0.2) is 4.79 Å². The van der Waals surface area contributed by atoms with Gasteiger partial charge in [-0.3, -0.25) is 14.6 Å². The van der Waals surface area contributed by atoms with Gasteiger partial charge in [0.2, 0.25) is 0 Å². The van der Waals surface area contributed by atoms with Crippen LogP contribution in [0.15, 0.2) is 0 Å². The first-order chi connectivity index (χ1) is 13.5. The van der Waals surface area contributed by atoms with Crippen LogP contribution in [-0.2, 0) is 9.53 Å². The molecule has 0 bridgehead atoms. The molecule has 3 fully saturated rings. The third kappa shape index (κ3) is 6.06. The van der Waals surface area contributed by atoms with Gasteiger partial charge in [0.25, 0.3) is 0 Å². The molecule has 0 atom stereocenters. The Hall–Kier alpha value is -1.38. The summed E-state index contributed by atoms with van der Waals surface area (Å²) in [6, 6.07) is 0.507. The largest absolute Gasteiger partial charge is 0.480 e. The van der Waals surface area contributed by atoms with E-state index < -0.39 is 5.97 Å². The number of carbonyl (C=O) groups is 2. The summed E-state index contributed by atoms with van der Waals surface area (Å²) in [6.45, 7) is 9.43. The average Bonchev–Trinajstić information content (AvgIpc) is 2.68. The summed E-state index contributed by atoms with van der Waals surface area (Å²) in [4.78, 5) is 29.9. The third-order valence-electron chi connectivity index (χ3n) is 6.56. The molecule has 160 valence electrons. The minimum atomic E-state index is -0.786. The van der Waals surface area contributed by atoms with Gasteiger partial charge in [0.05, 0.1) is 19.8 Å². The Morgan fingerprint density at radius 2 is 1.82 bits per heavy atom. The van der Waals surface area contributed by atoms with E-state index in [4.69, 9.17) is 9.84 Å². The van der Waals surface area contributed by atoms with Gasteiger partial charge in [-0.1, -0.05) is 6.92 Å². The lowest BCUT2D eigenvalue weighted by Gasteiger charge is -2.43. The van der Waals surface area contributed by atoms with Gasteiger partial charge in [0.15, 0.2) is 0 Å². The molecule has 0 radical (unpaired) electrons. The first-order valence-electron chi connectivity index (χ1n) is 10.9. The number of likely N-dealkylation sites (tertiary alicyclic amines) is 1. The number of hydrogen-bond donors (Lipinski definition) is 2. The van der Waals surface area contributed by atoms with Crippen molar-refractivity contribution in [3.8, 4) is 0 Å². The van der Waals surface area contributed by atoms with Crippen LogP contribution in [0, 0.1) is 5.92 Å². The number of morpholine rings is 1. The molecule has 2 saturated heterocycles. The molecule has 2 N–H and O–H groups in total. The van der Waals surface area contributed by atoms with E-state index in [9.17, 15) is 9.59 Å². The van der Waals surface area contributed by atoms with E-state index in [1.807, 2.05) is 16.7 Å². The zero-order chi connectivity index (χ0) is 19.9. The van der Waals surface area contributed by atoms with Crippen LogP contribution in [0.3, 0.4) is 0 Å². The highest BCUT2D eigenvalue weighted by Crippen LogP contribution is 2.26. The van der Waals surface area contributed by atoms with Crippen molar-refractivity contribution in [2.24, 2.45) is 5.92 Å². The molecular weight excluding hydrogens is 360 g/mol. The quantitative estimate of drug-likeness (QED) is 0.638. The molecule has 3 aliphatic rings. The normalized spacial score (nSPS) is 26.9. The maximum Gasteiger partial charge on any atom is 0.317 e. The van der Waals surface area contributed by atoms with Crippen molar-refractivity contribution >= 4 is 12.0 Å². The number of aliphatic carboxylic acids is 1. The lowest BCUT2D eigenvalue weighted by Crippen LogP contribution is -2.57. The first kappa shape index (κ1) is 21.3. The zero-order valence-electron chi connectivity index (χ0n) is 17.1. The Balaban J connectivity index is 1.30. The predicted molar refractivity (Wildman–Crippen MR) is 106 cm³/mol. The number of nitrogens with one attached hydrogen (secondary N) is 1. The van der Waals surface area contributed by atoms with Gasteiger partial charge in [-0.15, -0.1) is 0 Å². The summed E-state index contributed by atoms with van der Waals surface area (Å²) < 4.78 is 5.40. The molecule has 0 unspecified atom stereocenters. The van der Waals surface area contributed by atoms with Crippen LogP contribution in [0.2, 0.25) is 0 Å². The standard InChI is InChI=1S/C20H36N4O4/c1-2-23(15-19(25)26)18-13-17(14-18)21-20(27)24-7-4-16(5-8-24)3-6-22-9-11-28-12-10-22/h16-18H,2-15H2,1H3,(H,21,27)(H,25,26). The number of carboxylic acid groups (broad SMARTS) is 1. The van der Waals surface area contributed by atoms with Crippen LogP contribution in [0.4, 0.5) is 4.79 Å². The number of hydrogen-bond acceptors (Lipinski definition) is 5. The first-order valence-corrected chi connectivity index (χ1v) is 10.9. The smallest absolute Gasteiger partial charge is 0.317 e. The van der Waals surface area contributed by atoms with Crippen molar-refractivity contribution < 1.29 is 19.4 Å². The fraction of sp³-hybridized carbons (Fsp3) is 0.900. The van der Waals surface area contributed by atoms with Crippen molar-refractivity contribution in [2.45, 2.75) is 51.1 Å². The molecule has 2 heterocycles. The average molecular weight is 397 g/mol. The van der Waals surface area contributed by atoms with Crippen LogP contribution in [0.1, 0.15) is 39.0 Å². The van der Waals surface area contributed by atoms with E-state index in [0.29, 0.717) is 5.92 Å². The van der Waals surface area contributed by atoms with E-state index in [1.165, 1.54) is 6.42 Å². The molecule has 1 saturated carbocycles. The fourth-order valence-electron chi connectivity index (χ4n) is 4.56. The van der Waals surface area contributed by atoms with Crippen LogP contribution in [0.5, 0.6) is 0 Å². The van der Waals surface area contributed by atoms with E-state index in [1.54, 1.807) is 0 Å². The highest BCUT2D eigenvalue weighted by atomic mass is 16.5. The third-order valence-corrected chi connectivity index (χ3v) is 6.56. The summed E-state index contributed by atoms with van der Waals surface area (Å²) in [7, 11) is 0. The molecule has 2 aliphatic heterocycles. The monoisotopic (exact) mass is 396 g/mol. The molecule has 2 amide bonds. The van der Waals surface area contributed by atoms with E-state index >= 15 is 0 Å². The SMILES string of the molecule is CCN(CC(=O)O)C1CC(NC(=O)N2CCC(CCN3CCOCC3)CC2)C1. The second-order valence-corrected chi connectivity index (χ2v) is 8.40. The maximum absolute atomic E-state index is 12.5. The Morgan fingerprint density at radius 3 is 2.43 bits per heavy atom. The predicted octanol–water partition coefficient (Wildman–Crippen LogP) is 1.07. The van der Waals surface area contributed by atoms with Gasteiger partial charge in [0.1, 0.15) is 0 Å². The van der Waals surface area contributed by atoms with Gasteiger partial charge in [-0.2, -0.15) is 0 Å². The number of urea groups is 1. The van der Waals surface area contributed by atoms with Crippen LogP contribution >= 0.6 is 0 Å². The Kier molecular flexibility index (Phi) is 7.93.